The molecule has 0 saturated carbocycles. The van der Waals surface area contributed by atoms with E-state index in [4.69, 9.17) is 0 Å². The van der Waals surface area contributed by atoms with E-state index in [0.29, 0.717) is 12.8 Å². The van der Waals surface area contributed by atoms with Gasteiger partial charge in [-0.1, -0.05) is 12.1 Å². The average molecular weight is 384 g/mol. The largest absolute Gasteiger partial charge is 0.350 e. The van der Waals surface area contributed by atoms with E-state index in [2.05, 4.69) is 10.6 Å². The van der Waals surface area contributed by atoms with Gasteiger partial charge >= 0.3 is 0 Å². The monoisotopic (exact) mass is 383 g/mol. The quantitative estimate of drug-likeness (QED) is 0.820. The fourth-order valence-electron chi connectivity index (χ4n) is 3.22. The highest BCUT2D eigenvalue weighted by molar-refractivity contribution is 7.99. The molecule has 0 bridgehead atoms. The molecule has 1 aromatic rings. The molecule has 2 unspecified atom stereocenters. The Labute approximate surface area is 159 Å². The fraction of sp³-hybridized carbons (Fsp3) is 0.556. The minimum atomic E-state index is -0.0305. The van der Waals surface area contributed by atoms with Crippen LogP contribution in [0.5, 0.6) is 0 Å². The molecule has 2 heterocycles. The molecule has 5 nitrogen and oxygen atoms in total. The third-order valence-corrected chi connectivity index (χ3v) is 5.72. The fourth-order valence-corrected chi connectivity index (χ4v) is 4.17. The molecule has 2 fully saturated rings. The van der Waals surface area contributed by atoms with Gasteiger partial charge in [-0.3, -0.25) is 9.59 Å². The number of nitrogens with zero attached hydrogens (tertiary/aromatic N) is 1. The van der Waals surface area contributed by atoms with E-state index < -0.39 is 0 Å². The van der Waals surface area contributed by atoms with Gasteiger partial charge in [0, 0.05) is 49.2 Å². The number of anilines is 1. The summed E-state index contributed by atoms with van der Waals surface area (Å²) in [5.41, 5.74) is 2.01. The summed E-state index contributed by atoms with van der Waals surface area (Å²) in [6, 6.07) is 8.19. The number of thioether (sulfide) groups is 1. The van der Waals surface area contributed by atoms with E-state index >= 15 is 0 Å². The van der Waals surface area contributed by atoms with Crippen molar-refractivity contribution in [2.75, 3.05) is 29.5 Å². The smallest absolute Gasteiger partial charge is 0.227 e. The Morgan fingerprint density at radius 3 is 2.76 bits per heavy atom. The van der Waals surface area contributed by atoms with Crippen molar-refractivity contribution >= 4 is 41.7 Å². The van der Waals surface area contributed by atoms with E-state index in [1.807, 2.05) is 47.9 Å². The first-order valence-electron chi connectivity index (χ1n) is 8.64. The van der Waals surface area contributed by atoms with Gasteiger partial charge < -0.3 is 15.5 Å². The van der Waals surface area contributed by atoms with Gasteiger partial charge in [-0.2, -0.15) is 11.8 Å². The zero-order chi connectivity index (χ0) is 16.9. The summed E-state index contributed by atoms with van der Waals surface area (Å²) in [5.74, 6) is 2.41. The van der Waals surface area contributed by atoms with Crippen LogP contribution in [0.4, 0.5) is 5.69 Å². The number of carbonyl (C=O) groups excluding carboxylic acids is 2. The Balaban J connectivity index is 0.00000225. The van der Waals surface area contributed by atoms with Crippen molar-refractivity contribution in [2.24, 2.45) is 0 Å². The van der Waals surface area contributed by atoms with E-state index in [0.717, 1.165) is 42.3 Å². The van der Waals surface area contributed by atoms with Gasteiger partial charge in [-0.25, -0.2) is 0 Å². The number of benzene rings is 1. The lowest BCUT2D eigenvalue weighted by atomic mass is 10.1. The second kappa shape index (κ2) is 9.46. The molecule has 0 radical (unpaired) electrons. The lowest BCUT2D eigenvalue weighted by Crippen LogP contribution is -2.41. The second-order valence-electron chi connectivity index (χ2n) is 6.46. The first-order chi connectivity index (χ1) is 11.6. The molecule has 2 amide bonds. The second-order valence-corrected chi connectivity index (χ2v) is 7.61. The molecular weight excluding hydrogens is 358 g/mol. The van der Waals surface area contributed by atoms with E-state index in [1.165, 1.54) is 0 Å². The SMILES string of the molecule is CC(NC(=O)CC1CSCCN1)c1ccc(N2CCCC2=O)cc1.Cl. The predicted molar refractivity (Wildman–Crippen MR) is 106 cm³/mol. The number of halogens is 1. The molecule has 2 saturated heterocycles. The molecular formula is C18H26ClN3O2S. The summed E-state index contributed by atoms with van der Waals surface area (Å²) >= 11 is 1.90. The van der Waals surface area contributed by atoms with Crippen LogP contribution in [0.1, 0.15) is 37.8 Å². The molecule has 3 rings (SSSR count). The molecule has 2 aliphatic heterocycles. The number of nitrogens with one attached hydrogen (secondary N) is 2. The van der Waals surface area contributed by atoms with Gasteiger partial charge in [0.15, 0.2) is 0 Å². The third-order valence-electron chi connectivity index (χ3n) is 4.59. The molecule has 138 valence electrons. The maximum atomic E-state index is 12.2. The van der Waals surface area contributed by atoms with Crippen LogP contribution in [0.15, 0.2) is 24.3 Å². The summed E-state index contributed by atoms with van der Waals surface area (Å²) in [5, 5.41) is 6.46. The highest BCUT2D eigenvalue weighted by Gasteiger charge is 2.22. The molecule has 0 aromatic heterocycles. The summed E-state index contributed by atoms with van der Waals surface area (Å²) in [7, 11) is 0. The average Bonchev–Trinajstić information content (AvgIpc) is 3.02. The van der Waals surface area contributed by atoms with Crippen molar-refractivity contribution in [1.29, 1.82) is 0 Å². The Kier molecular flexibility index (Phi) is 7.59. The van der Waals surface area contributed by atoms with Crippen molar-refractivity contribution < 1.29 is 9.59 Å². The lowest BCUT2D eigenvalue weighted by Gasteiger charge is -2.23. The van der Waals surface area contributed by atoms with Crippen LogP contribution in [-0.2, 0) is 9.59 Å². The Hall–Kier alpha value is -1.24. The minimum Gasteiger partial charge on any atom is -0.350 e. The first-order valence-corrected chi connectivity index (χ1v) is 9.80. The van der Waals surface area contributed by atoms with E-state index in [1.54, 1.807) is 0 Å². The van der Waals surface area contributed by atoms with Gasteiger partial charge in [-0.05, 0) is 31.0 Å². The number of hydrogen-bond acceptors (Lipinski definition) is 4. The van der Waals surface area contributed by atoms with E-state index in [9.17, 15) is 9.59 Å². The normalized spacial score (nSPS) is 21.6. The van der Waals surface area contributed by atoms with Gasteiger partial charge in [-0.15, -0.1) is 12.4 Å². The number of hydrogen-bond donors (Lipinski definition) is 2. The zero-order valence-corrected chi connectivity index (χ0v) is 16.1. The van der Waals surface area contributed by atoms with Crippen LogP contribution in [0.3, 0.4) is 0 Å². The van der Waals surface area contributed by atoms with Crippen LogP contribution < -0.4 is 15.5 Å². The molecule has 25 heavy (non-hydrogen) atoms. The maximum absolute atomic E-state index is 12.2. The van der Waals surface area contributed by atoms with Crippen molar-refractivity contribution in [2.45, 2.75) is 38.3 Å². The number of carbonyl (C=O) groups is 2. The van der Waals surface area contributed by atoms with Crippen LogP contribution >= 0.6 is 24.2 Å². The van der Waals surface area contributed by atoms with Gasteiger partial charge in [0.25, 0.3) is 0 Å². The van der Waals surface area contributed by atoms with Crippen LogP contribution in [0, 0.1) is 0 Å². The Morgan fingerprint density at radius 2 is 2.16 bits per heavy atom. The first kappa shape index (κ1) is 20.1. The zero-order valence-electron chi connectivity index (χ0n) is 14.5. The van der Waals surface area contributed by atoms with Crippen LogP contribution in [0.25, 0.3) is 0 Å². The highest BCUT2D eigenvalue weighted by atomic mass is 35.5. The summed E-state index contributed by atoms with van der Waals surface area (Å²) in [6.07, 6.45) is 2.10. The van der Waals surface area contributed by atoms with Crippen molar-refractivity contribution in [3.05, 3.63) is 29.8 Å². The standard InChI is InChI=1S/C18H25N3O2S.ClH/c1-13(20-17(22)11-15-12-24-10-8-19-15)14-4-6-16(7-5-14)21-9-2-3-18(21)23;/h4-7,13,15,19H,2-3,8-12H2,1H3,(H,20,22);1H. The third kappa shape index (κ3) is 5.36. The Morgan fingerprint density at radius 1 is 1.40 bits per heavy atom. The van der Waals surface area contributed by atoms with Gasteiger partial charge in [0.1, 0.15) is 0 Å². The summed E-state index contributed by atoms with van der Waals surface area (Å²) < 4.78 is 0. The van der Waals surface area contributed by atoms with Gasteiger partial charge in [0.05, 0.1) is 6.04 Å². The lowest BCUT2D eigenvalue weighted by molar-refractivity contribution is -0.122. The maximum Gasteiger partial charge on any atom is 0.227 e. The van der Waals surface area contributed by atoms with Crippen LogP contribution in [0.2, 0.25) is 0 Å². The van der Waals surface area contributed by atoms with Crippen LogP contribution in [-0.4, -0.2) is 42.5 Å². The highest BCUT2D eigenvalue weighted by Crippen LogP contribution is 2.23. The predicted octanol–water partition coefficient (Wildman–Crippen LogP) is 2.51. The van der Waals surface area contributed by atoms with Gasteiger partial charge in [0.2, 0.25) is 11.8 Å². The van der Waals surface area contributed by atoms with E-state index in [-0.39, 0.29) is 36.3 Å². The molecule has 0 aliphatic carbocycles. The van der Waals surface area contributed by atoms with Crippen molar-refractivity contribution in [1.82, 2.24) is 10.6 Å². The molecule has 7 heteroatoms. The van der Waals surface area contributed by atoms with Crippen molar-refractivity contribution in [3.8, 4) is 0 Å². The number of amides is 2. The topological polar surface area (TPSA) is 61.4 Å². The molecule has 2 N–H and O–H groups in total. The molecule has 2 atom stereocenters. The van der Waals surface area contributed by atoms with Crippen molar-refractivity contribution in [3.63, 3.8) is 0 Å². The summed E-state index contributed by atoms with van der Waals surface area (Å²) in [4.78, 5) is 25.8. The molecule has 2 aliphatic rings. The number of rotatable bonds is 5. The molecule has 0 spiro atoms. The Bertz CT molecular complexity index is 590. The summed E-state index contributed by atoms with van der Waals surface area (Å²) in [6.45, 7) is 3.78. The minimum absolute atomic E-state index is 0. The molecule has 1 aromatic carbocycles.